The lowest BCUT2D eigenvalue weighted by Gasteiger charge is -2.05. The van der Waals surface area contributed by atoms with Crippen molar-refractivity contribution in [3.05, 3.63) is 60.2 Å². The Morgan fingerprint density at radius 1 is 1.18 bits per heavy atom. The average molecular weight is 226 g/mol. The minimum atomic E-state index is -0.278. The van der Waals surface area contributed by atoms with E-state index < -0.39 is 0 Å². The van der Waals surface area contributed by atoms with E-state index in [0.717, 1.165) is 10.8 Å². The number of carbonyl (C=O) groups is 1. The Kier molecular flexibility index (Phi) is 3.55. The minimum Gasteiger partial charge on any atom is -0.458 e. The van der Waals surface area contributed by atoms with Crippen molar-refractivity contribution >= 4 is 16.7 Å². The van der Waals surface area contributed by atoms with Gasteiger partial charge in [-0.15, -0.1) is 0 Å². The van der Waals surface area contributed by atoms with E-state index in [2.05, 4.69) is 0 Å². The molecule has 0 amide bonds. The van der Waals surface area contributed by atoms with Crippen LogP contribution in [-0.2, 0) is 4.74 Å². The number of hydrogen-bond acceptors (Lipinski definition) is 2. The summed E-state index contributed by atoms with van der Waals surface area (Å²) in [5.41, 5.74) is 0.618. The molecule has 0 aliphatic rings. The third kappa shape index (κ3) is 2.53. The van der Waals surface area contributed by atoms with Gasteiger partial charge in [-0.05, 0) is 23.8 Å². The summed E-state index contributed by atoms with van der Waals surface area (Å²) >= 11 is 0. The van der Waals surface area contributed by atoms with Crippen LogP contribution in [0.3, 0.4) is 0 Å². The maximum absolute atomic E-state index is 11.9. The van der Waals surface area contributed by atoms with E-state index in [4.69, 9.17) is 4.74 Å². The number of esters is 1. The molecule has 0 atom stereocenters. The average Bonchev–Trinajstić information content (AvgIpc) is 2.38. The Labute approximate surface area is 101 Å². The lowest BCUT2D eigenvalue weighted by atomic mass is 10.1. The van der Waals surface area contributed by atoms with E-state index >= 15 is 0 Å². The van der Waals surface area contributed by atoms with Gasteiger partial charge < -0.3 is 4.74 Å². The highest BCUT2D eigenvalue weighted by Crippen LogP contribution is 2.19. The van der Waals surface area contributed by atoms with Crippen LogP contribution in [0.5, 0.6) is 0 Å². The second-order valence-electron chi connectivity index (χ2n) is 3.69. The highest BCUT2D eigenvalue weighted by Gasteiger charge is 2.09. The third-order valence-electron chi connectivity index (χ3n) is 2.56. The van der Waals surface area contributed by atoms with Crippen LogP contribution >= 0.6 is 0 Å². The summed E-state index contributed by atoms with van der Waals surface area (Å²) < 4.78 is 5.15. The first kappa shape index (κ1) is 11.4. The van der Waals surface area contributed by atoms with Crippen LogP contribution in [0.4, 0.5) is 0 Å². The maximum Gasteiger partial charge on any atom is 0.339 e. The fourth-order valence-corrected chi connectivity index (χ4v) is 1.70. The lowest BCUT2D eigenvalue weighted by molar-refractivity contribution is 0.0552. The predicted octanol–water partition coefficient (Wildman–Crippen LogP) is 3.57. The van der Waals surface area contributed by atoms with Gasteiger partial charge in [0.1, 0.15) is 6.61 Å². The molecule has 86 valence electrons. The Hall–Kier alpha value is -2.09. The fourth-order valence-electron chi connectivity index (χ4n) is 1.70. The zero-order valence-corrected chi connectivity index (χ0v) is 9.72. The van der Waals surface area contributed by atoms with Crippen LogP contribution in [-0.4, -0.2) is 12.6 Å². The molecule has 2 aromatic carbocycles. The van der Waals surface area contributed by atoms with E-state index in [0.29, 0.717) is 12.2 Å². The van der Waals surface area contributed by atoms with Crippen LogP contribution in [0, 0.1) is 0 Å². The minimum absolute atomic E-state index is 0.278. The zero-order valence-electron chi connectivity index (χ0n) is 9.72. The monoisotopic (exact) mass is 226 g/mol. The Morgan fingerprint density at radius 3 is 2.76 bits per heavy atom. The summed E-state index contributed by atoms with van der Waals surface area (Å²) in [7, 11) is 0. The van der Waals surface area contributed by atoms with E-state index in [1.54, 1.807) is 6.07 Å². The molecule has 17 heavy (non-hydrogen) atoms. The summed E-state index contributed by atoms with van der Waals surface area (Å²) in [5, 5.41) is 1.98. The molecule has 2 nitrogen and oxygen atoms in total. The number of hydrogen-bond donors (Lipinski definition) is 0. The fraction of sp³-hybridized carbons (Fsp3) is 0.133. The van der Waals surface area contributed by atoms with Crippen LogP contribution in [0.15, 0.2) is 54.6 Å². The van der Waals surface area contributed by atoms with Gasteiger partial charge in [0.2, 0.25) is 0 Å². The molecule has 0 heterocycles. The van der Waals surface area contributed by atoms with E-state index in [9.17, 15) is 4.79 Å². The second-order valence-corrected chi connectivity index (χ2v) is 3.69. The first-order valence-electron chi connectivity index (χ1n) is 5.59. The van der Waals surface area contributed by atoms with Gasteiger partial charge in [0.25, 0.3) is 0 Å². The molecule has 0 aromatic heterocycles. The van der Waals surface area contributed by atoms with Crippen molar-refractivity contribution in [3.63, 3.8) is 0 Å². The molecular weight excluding hydrogens is 212 g/mol. The van der Waals surface area contributed by atoms with Gasteiger partial charge in [0.15, 0.2) is 0 Å². The molecule has 2 rings (SSSR count). The molecule has 0 saturated heterocycles. The molecule has 2 aromatic rings. The van der Waals surface area contributed by atoms with Gasteiger partial charge in [-0.1, -0.05) is 48.6 Å². The van der Waals surface area contributed by atoms with E-state index in [1.165, 1.54) is 0 Å². The topological polar surface area (TPSA) is 26.3 Å². The summed E-state index contributed by atoms with van der Waals surface area (Å²) in [6.07, 6.45) is 3.67. The molecule has 0 spiro atoms. The first-order chi connectivity index (χ1) is 8.33. The predicted molar refractivity (Wildman–Crippen MR) is 69.0 cm³/mol. The molecular formula is C15H14O2. The highest BCUT2D eigenvalue weighted by molar-refractivity contribution is 6.04. The van der Waals surface area contributed by atoms with Crippen molar-refractivity contribution in [1.29, 1.82) is 0 Å². The normalized spacial score (nSPS) is 10.9. The van der Waals surface area contributed by atoms with Crippen molar-refractivity contribution < 1.29 is 9.53 Å². The van der Waals surface area contributed by atoms with Crippen molar-refractivity contribution in [3.8, 4) is 0 Å². The molecule has 0 saturated carbocycles. The number of ether oxygens (including phenoxy) is 1. The van der Waals surface area contributed by atoms with Gasteiger partial charge in [-0.25, -0.2) is 4.79 Å². The lowest BCUT2D eigenvalue weighted by Crippen LogP contribution is -2.05. The summed E-state index contributed by atoms with van der Waals surface area (Å²) in [6, 6.07) is 13.4. The van der Waals surface area contributed by atoms with Gasteiger partial charge >= 0.3 is 5.97 Å². The Bertz CT molecular complexity index is 550. The number of rotatable bonds is 3. The van der Waals surface area contributed by atoms with E-state index in [1.807, 2.05) is 55.5 Å². The maximum atomic E-state index is 11.9. The SMILES string of the molecule is CC=CCOC(=O)c1cccc2ccccc12. The van der Waals surface area contributed by atoms with Gasteiger partial charge in [0, 0.05) is 0 Å². The highest BCUT2D eigenvalue weighted by atomic mass is 16.5. The molecule has 0 radical (unpaired) electrons. The third-order valence-corrected chi connectivity index (χ3v) is 2.56. The largest absolute Gasteiger partial charge is 0.458 e. The van der Waals surface area contributed by atoms with Crippen LogP contribution in [0.2, 0.25) is 0 Å². The van der Waals surface area contributed by atoms with Crippen molar-refractivity contribution in [2.24, 2.45) is 0 Å². The number of allylic oxidation sites excluding steroid dienone is 1. The van der Waals surface area contributed by atoms with Gasteiger partial charge in [-0.3, -0.25) is 0 Å². The molecule has 0 aliphatic carbocycles. The first-order valence-corrected chi connectivity index (χ1v) is 5.59. The number of carbonyl (C=O) groups excluding carboxylic acids is 1. The summed E-state index contributed by atoms with van der Waals surface area (Å²) in [6.45, 7) is 2.21. The smallest absolute Gasteiger partial charge is 0.339 e. The molecule has 0 N–H and O–H groups in total. The summed E-state index contributed by atoms with van der Waals surface area (Å²) in [5.74, 6) is -0.278. The zero-order chi connectivity index (χ0) is 12.1. The molecule has 0 unspecified atom stereocenters. The number of fused-ring (bicyclic) bond motifs is 1. The van der Waals surface area contributed by atoms with Crippen molar-refractivity contribution in [2.75, 3.05) is 6.61 Å². The Balaban J connectivity index is 2.31. The number of benzene rings is 2. The van der Waals surface area contributed by atoms with Gasteiger partial charge in [-0.2, -0.15) is 0 Å². The standard InChI is InChI=1S/C15H14O2/c1-2-3-11-17-15(16)14-10-6-8-12-7-4-5-9-13(12)14/h2-10H,11H2,1H3. The molecule has 0 aliphatic heterocycles. The molecule has 0 fully saturated rings. The Morgan fingerprint density at radius 2 is 1.94 bits per heavy atom. The quantitative estimate of drug-likeness (QED) is 0.590. The van der Waals surface area contributed by atoms with Crippen LogP contribution in [0.1, 0.15) is 17.3 Å². The second kappa shape index (κ2) is 5.30. The van der Waals surface area contributed by atoms with Gasteiger partial charge in [0.05, 0.1) is 5.56 Å². The van der Waals surface area contributed by atoms with Crippen LogP contribution in [0.25, 0.3) is 10.8 Å². The van der Waals surface area contributed by atoms with Crippen molar-refractivity contribution in [1.82, 2.24) is 0 Å². The molecule has 2 heteroatoms. The summed E-state index contributed by atoms with van der Waals surface area (Å²) in [4.78, 5) is 11.9. The molecule has 0 bridgehead atoms. The van der Waals surface area contributed by atoms with Crippen molar-refractivity contribution in [2.45, 2.75) is 6.92 Å². The van der Waals surface area contributed by atoms with Crippen LogP contribution < -0.4 is 0 Å². The van der Waals surface area contributed by atoms with E-state index in [-0.39, 0.29) is 5.97 Å².